The van der Waals surface area contributed by atoms with Gasteiger partial charge in [0.05, 0.1) is 5.60 Å². The molecule has 2 saturated heterocycles. The van der Waals surface area contributed by atoms with E-state index >= 15 is 0 Å². The Bertz CT molecular complexity index is 202. The fourth-order valence-electron chi connectivity index (χ4n) is 2.66. The van der Waals surface area contributed by atoms with Crippen molar-refractivity contribution < 1.29 is 9.47 Å². The molecule has 2 aliphatic heterocycles. The average Bonchev–Trinajstić information content (AvgIpc) is 2.31. The number of hydrogen-bond acceptors (Lipinski definition) is 4. The Hall–Kier alpha value is 0.230. The smallest absolute Gasteiger partial charge is 0.0741 e. The Morgan fingerprint density at radius 1 is 1.31 bits per heavy atom. The summed E-state index contributed by atoms with van der Waals surface area (Å²) in [5, 5.41) is 3.65. The van der Waals surface area contributed by atoms with Crippen molar-refractivity contribution in [2.45, 2.75) is 37.3 Å². The van der Waals surface area contributed by atoms with Crippen molar-refractivity contribution in [3.8, 4) is 0 Å². The van der Waals surface area contributed by atoms with Gasteiger partial charge in [-0.3, -0.25) is 0 Å². The summed E-state index contributed by atoms with van der Waals surface area (Å²) in [4.78, 5) is 0. The second kappa shape index (κ2) is 6.24. The molecule has 1 atom stereocenters. The molecule has 0 aliphatic carbocycles. The number of nitrogens with one attached hydrogen (secondary N) is 1. The van der Waals surface area contributed by atoms with Gasteiger partial charge in [-0.05, 0) is 31.9 Å². The lowest BCUT2D eigenvalue weighted by molar-refractivity contribution is -0.140. The maximum absolute atomic E-state index is 6.02. The predicted molar refractivity (Wildman–Crippen MR) is 68.1 cm³/mol. The molecule has 2 aliphatic rings. The predicted octanol–water partition coefficient (Wildman–Crippen LogP) is 1.67. The zero-order valence-electron chi connectivity index (χ0n) is 10.2. The molecular weight excluding hydrogens is 222 g/mol. The standard InChI is InChI=1S/C12H23NO2S/c1-16-9-5-13-11-2-6-15-12(10-11)3-7-14-8-4-12/h11,13H,2-10H2,1H3. The molecule has 0 saturated carbocycles. The van der Waals surface area contributed by atoms with Crippen molar-refractivity contribution in [3.63, 3.8) is 0 Å². The van der Waals surface area contributed by atoms with Crippen molar-refractivity contribution in [3.05, 3.63) is 0 Å². The summed E-state index contributed by atoms with van der Waals surface area (Å²) in [5.74, 6) is 1.20. The molecule has 0 radical (unpaired) electrons. The third-order valence-corrected chi connectivity index (χ3v) is 4.25. The maximum Gasteiger partial charge on any atom is 0.0741 e. The first-order valence-corrected chi connectivity index (χ1v) is 7.68. The van der Waals surface area contributed by atoms with Crippen LogP contribution in [0.2, 0.25) is 0 Å². The molecule has 1 spiro atoms. The van der Waals surface area contributed by atoms with Crippen LogP contribution in [0.3, 0.4) is 0 Å². The Morgan fingerprint density at radius 2 is 2.12 bits per heavy atom. The SMILES string of the molecule is CSCCNC1CCOC2(CCOCC2)C1. The van der Waals surface area contributed by atoms with Crippen LogP contribution in [-0.2, 0) is 9.47 Å². The minimum absolute atomic E-state index is 0.132. The molecule has 1 N–H and O–H groups in total. The number of thioether (sulfide) groups is 1. The van der Waals surface area contributed by atoms with E-state index in [0.717, 1.165) is 45.6 Å². The highest BCUT2D eigenvalue weighted by Gasteiger charge is 2.38. The van der Waals surface area contributed by atoms with Crippen LogP contribution in [0.15, 0.2) is 0 Å². The van der Waals surface area contributed by atoms with Crippen LogP contribution >= 0.6 is 11.8 Å². The van der Waals surface area contributed by atoms with Gasteiger partial charge < -0.3 is 14.8 Å². The minimum atomic E-state index is 0.132. The molecule has 3 nitrogen and oxygen atoms in total. The largest absolute Gasteiger partial charge is 0.381 e. The van der Waals surface area contributed by atoms with E-state index < -0.39 is 0 Å². The molecule has 1 unspecified atom stereocenters. The molecule has 0 aromatic heterocycles. The summed E-state index contributed by atoms with van der Waals surface area (Å²) in [6, 6.07) is 0.652. The quantitative estimate of drug-likeness (QED) is 0.763. The Balaban J connectivity index is 1.78. The monoisotopic (exact) mass is 245 g/mol. The normalized spacial score (nSPS) is 29.4. The van der Waals surface area contributed by atoms with Crippen LogP contribution in [0.1, 0.15) is 25.7 Å². The average molecular weight is 245 g/mol. The van der Waals surface area contributed by atoms with Crippen molar-refractivity contribution in [2.75, 3.05) is 38.4 Å². The molecule has 16 heavy (non-hydrogen) atoms. The van der Waals surface area contributed by atoms with E-state index in [1.807, 2.05) is 11.8 Å². The minimum Gasteiger partial charge on any atom is -0.381 e. The Labute approximate surface area is 103 Å². The Kier molecular flexibility index (Phi) is 4.95. The van der Waals surface area contributed by atoms with Gasteiger partial charge in [-0.25, -0.2) is 0 Å². The highest BCUT2D eigenvalue weighted by atomic mass is 32.2. The topological polar surface area (TPSA) is 30.5 Å². The van der Waals surface area contributed by atoms with E-state index in [2.05, 4.69) is 11.6 Å². The molecule has 0 aromatic rings. The molecule has 4 heteroatoms. The van der Waals surface area contributed by atoms with Crippen LogP contribution in [0, 0.1) is 0 Å². The molecular formula is C12H23NO2S. The third-order valence-electron chi connectivity index (χ3n) is 3.64. The van der Waals surface area contributed by atoms with E-state index in [-0.39, 0.29) is 5.60 Å². The highest BCUT2D eigenvalue weighted by Crippen LogP contribution is 2.34. The van der Waals surface area contributed by atoms with Gasteiger partial charge in [0.2, 0.25) is 0 Å². The first-order chi connectivity index (χ1) is 7.85. The summed E-state index contributed by atoms with van der Waals surface area (Å²) >= 11 is 1.90. The lowest BCUT2D eigenvalue weighted by atomic mass is 9.84. The van der Waals surface area contributed by atoms with Gasteiger partial charge in [0.15, 0.2) is 0 Å². The highest BCUT2D eigenvalue weighted by molar-refractivity contribution is 7.98. The summed E-state index contributed by atoms with van der Waals surface area (Å²) in [6.45, 7) is 3.78. The lowest BCUT2D eigenvalue weighted by Crippen LogP contribution is -2.50. The third kappa shape index (κ3) is 3.36. The summed E-state index contributed by atoms with van der Waals surface area (Å²) in [5.41, 5.74) is 0.132. The molecule has 0 bridgehead atoms. The fourth-order valence-corrected chi connectivity index (χ4v) is 2.98. The number of ether oxygens (including phenoxy) is 2. The molecule has 2 rings (SSSR count). The van der Waals surface area contributed by atoms with E-state index in [1.165, 1.54) is 12.2 Å². The van der Waals surface area contributed by atoms with Gasteiger partial charge in [-0.2, -0.15) is 11.8 Å². The summed E-state index contributed by atoms with van der Waals surface area (Å²) in [7, 11) is 0. The second-order valence-corrected chi connectivity index (χ2v) is 5.77. The van der Waals surface area contributed by atoms with Crippen LogP contribution < -0.4 is 5.32 Å². The van der Waals surface area contributed by atoms with E-state index in [4.69, 9.17) is 9.47 Å². The zero-order valence-corrected chi connectivity index (χ0v) is 11.0. The summed E-state index contributed by atoms with van der Waals surface area (Å²) in [6.07, 6.45) is 6.65. The van der Waals surface area contributed by atoms with Gasteiger partial charge in [-0.1, -0.05) is 0 Å². The van der Waals surface area contributed by atoms with E-state index in [0.29, 0.717) is 6.04 Å². The van der Waals surface area contributed by atoms with Crippen LogP contribution in [0.25, 0.3) is 0 Å². The van der Waals surface area contributed by atoms with Gasteiger partial charge in [-0.15, -0.1) is 0 Å². The summed E-state index contributed by atoms with van der Waals surface area (Å²) < 4.78 is 11.4. The lowest BCUT2D eigenvalue weighted by Gasteiger charge is -2.43. The van der Waals surface area contributed by atoms with Crippen molar-refractivity contribution in [2.24, 2.45) is 0 Å². The van der Waals surface area contributed by atoms with Crippen LogP contribution in [0.5, 0.6) is 0 Å². The molecule has 0 amide bonds. The second-order valence-electron chi connectivity index (χ2n) is 4.78. The number of rotatable bonds is 4. The van der Waals surface area contributed by atoms with Gasteiger partial charge >= 0.3 is 0 Å². The number of hydrogen-bond donors (Lipinski definition) is 1. The molecule has 2 fully saturated rings. The van der Waals surface area contributed by atoms with Crippen LogP contribution in [-0.4, -0.2) is 50.0 Å². The molecule has 0 aromatic carbocycles. The van der Waals surface area contributed by atoms with Crippen molar-refractivity contribution in [1.82, 2.24) is 5.32 Å². The van der Waals surface area contributed by atoms with E-state index in [1.54, 1.807) is 0 Å². The van der Waals surface area contributed by atoms with Crippen LogP contribution in [0.4, 0.5) is 0 Å². The molecule has 94 valence electrons. The van der Waals surface area contributed by atoms with Gasteiger partial charge in [0, 0.05) is 38.2 Å². The zero-order chi connectivity index (χ0) is 11.3. The maximum atomic E-state index is 6.02. The van der Waals surface area contributed by atoms with Gasteiger partial charge in [0.1, 0.15) is 0 Å². The van der Waals surface area contributed by atoms with Crippen molar-refractivity contribution in [1.29, 1.82) is 0 Å². The van der Waals surface area contributed by atoms with E-state index in [9.17, 15) is 0 Å². The first kappa shape index (κ1) is 12.7. The Morgan fingerprint density at radius 3 is 2.88 bits per heavy atom. The first-order valence-electron chi connectivity index (χ1n) is 6.29. The van der Waals surface area contributed by atoms with Crippen molar-refractivity contribution >= 4 is 11.8 Å². The fraction of sp³-hybridized carbons (Fsp3) is 1.00. The van der Waals surface area contributed by atoms with Gasteiger partial charge in [0.25, 0.3) is 0 Å². The molecule has 2 heterocycles.